The van der Waals surface area contributed by atoms with Gasteiger partial charge in [-0.25, -0.2) is 9.97 Å². The Hall–Kier alpha value is -1.50. The molecule has 0 N–H and O–H groups in total. The van der Waals surface area contributed by atoms with Crippen molar-refractivity contribution in [2.45, 2.75) is 18.6 Å². The number of piperidine rings is 1. The number of rotatable bonds is 2. The van der Waals surface area contributed by atoms with Crippen molar-refractivity contribution in [1.29, 1.82) is 0 Å². The molecule has 6 heteroatoms. The Morgan fingerprint density at radius 2 is 1.95 bits per heavy atom. The summed E-state index contributed by atoms with van der Waals surface area (Å²) in [5.74, 6) is 0.454. The summed E-state index contributed by atoms with van der Waals surface area (Å²) in [5.41, 5.74) is 0.989. The summed E-state index contributed by atoms with van der Waals surface area (Å²) in [7, 11) is 0. The second kappa shape index (κ2) is 5.36. The second-order valence-corrected chi connectivity index (χ2v) is 6.26. The van der Waals surface area contributed by atoms with Crippen molar-refractivity contribution < 1.29 is 9.47 Å². The van der Waals surface area contributed by atoms with Crippen LogP contribution in [0.4, 0.5) is 5.95 Å². The van der Waals surface area contributed by atoms with Crippen LogP contribution in [0.3, 0.4) is 0 Å². The highest BCUT2D eigenvalue weighted by molar-refractivity contribution is 7.13. The Labute approximate surface area is 127 Å². The van der Waals surface area contributed by atoms with Gasteiger partial charge in [-0.15, -0.1) is 11.3 Å². The molecule has 0 saturated carbocycles. The third-order valence-electron chi connectivity index (χ3n) is 4.04. The molecule has 2 aliphatic heterocycles. The van der Waals surface area contributed by atoms with Crippen molar-refractivity contribution in [3.8, 4) is 10.6 Å². The number of aromatic nitrogens is 2. The molecular weight excluding hydrogens is 286 g/mol. The average molecular weight is 303 g/mol. The lowest BCUT2D eigenvalue weighted by Crippen LogP contribution is -2.45. The summed E-state index contributed by atoms with van der Waals surface area (Å²) < 4.78 is 11.5. The van der Waals surface area contributed by atoms with Gasteiger partial charge in [0.1, 0.15) is 0 Å². The van der Waals surface area contributed by atoms with Crippen molar-refractivity contribution >= 4 is 17.3 Å². The zero-order valence-electron chi connectivity index (χ0n) is 11.7. The Morgan fingerprint density at radius 3 is 2.67 bits per heavy atom. The highest BCUT2D eigenvalue weighted by atomic mass is 32.1. The van der Waals surface area contributed by atoms with Gasteiger partial charge in [-0.05, 0) is 17.5 Å². The van der Waals surface area contributed by atoms with E-state index in [0.29, 0.717) is 13.2 Å². The van der Waals surface area contributed by atoms with Crippen LogP contribution in [0.15, 0.2) is 29.8 Å². The van der Waals surface area contributed by atoms with Crippen LogP contribution < -0.4 is 4.90 Å². The maximum absolute atomic E-state index is 5.76. The standard InChI is InChI=1S/C15H17N3O2S/c1-2-13(21-11-1)12-3-6-16-14(17-12)18-7-4-15(5-8-18)19-9-10-20-15/h1-3,6,11H,4-5,7-10H2. The van der Waals surface area contributed by atoms with E-state index in [1.165, 1.54) is 4.88 Å². The van der Waals surface area contributed by atoms with Gasteiger partial charge in [-0.1, -0.05) is 6.07 Å². The van der Waals surface area contributed by atoms with Crippen LogP contribution in [-0.2, 0) is 9.47 Å². The van der Waals surface area contributed by atoms with E-state index < -0.39 is 0 Å². The minimum absolute atomic E-state index is 0.345. The van der Waals surface area contributed by atoms with E-state index in [1.807, 2.05) is 18.3 Å². The molecule has 0 radical (unpaired) electrons. The maximum atomic E-state index is 5.76. The predicted molar refractivity (Wildman–Crippen MR) is 81.4 cm³/mol. The summed E-state index contributed by atoms with van der Waals surface area (Å²) in [4.78, 5) is 12.5. The zero-order chi connectivity index (χ0) is 14.1. The molecule has 2 saturated heterocycles. The molecule has 2 fully saturated rings. The molecule has 4 heterocycles. The molecule has 2 aromatic heterocycles. The summed E-state index contributed by atoms with van der Waals surface area (Å²) in [6.07, 6.45) is 3.59. The van der Waals surface area contributed by atoms with E-state index in [0.717, 1.165) is 37.6 Å². The van der Waals surface area contributed by atoms with Gasteiger partial charge < -0.3 is 14.4 Å². The van der Waals surface area contributed by atoms with Gasteiger partial charge in [0.2, 0.25) is 5.95 Å². The molecule has 1 spiro atoms. The third-order valence-corrected chi connectivity index (χ3v) is 4.93. The first kappa shape index (κ1) is 13.2. The maximum Gasteiger partial charge on any atom is 0.225 e. The van der Waals surface area contributed by atoms with Gasteiger partial charge in [-0.2, -0.15) is 0 Å². The van der Waals surface area contributed by atoms with Crippen molar-refractivity contribution in [2.75, 3.05) is 31.2 Å². The molecule has 21 heavy (non-hydrogen) atoms. The molecule has 0 bridgehead atoms. The molecule has 0 aromatic carbocycles. The van der Waals surface area contributed by atoms with Gasteiger partial charge >= 0.3 is 0 Å². The SMILES string of the molecule is c1csc(-c2ccnc(N3CCC4(CC3)OCCO4)n2)c1. The van der Waals surface area contributed by atoms with E-state index in [2.05, 4.69) is 21.3 Å². The fourth-order valence-electron chi connectivity index (χ4n) is 2.90. The molecule has 4 rings (SSSR count). The first-order valence-corrected chi connectivity index (χ1v) is 8.12. The van der Waals surface area contributed by atoms with E-state index in [4.69, 9.17) is 14.5 Å². The normalized spacial score (nSPS) is 21.0. The van der Waals surface area contributed by atoms with E-state index in [9.17, 15) is 0 Å². The molecule has 5 nitrogen and oxygen atoms in total. The molecule has 0 aliphatic carbocycles. The van der Waals surface area contributed by atoms with Crippen LogP contribution >= 0.6 is 11.3 Å². The molecule has 2 aliphatic rings. The van der Waals surface area contributed by atoms with Crippen LogP contribution in [0.25, 0.3) is 10.6 Å². The highest BCUT2D eigenvalue weighted by Crippen LogP contribution is 2.32. The summed E-state index contributed by atoms with van der Waals surface area (Å²) in [6, 6.07) is 6.09. The predicted octanol–water partition coefficient (Wildman–Crippen LogP) is 2.55. The van der Waals surface area contributed by atoms with Crippen LogP contribution in [0.2, 0.25) is 0 Å². The van der Waals surface area contributed by atoms with Gasteiger partial charge in [0.05, 0.1) is 23.8 Å². The quantitative estimate of drug-likeness (QED) is 0.853. The molecule has 0 unspecified atom stereocenters. The van der Waals surface area contributed by atoms with Gasteiger partial charge in [0.25, 0.3) is 0 Å². The Balaban J connectivity index is 1.51. The van der Waals surface area contributed by atoms with E-state index in [1.54, 1.807) is 11.3 Å². The molecular formula is C15H17N3O2S. The van der Waals surface area contributed by atoms with Gasteiger partial charge in [-0.3, -0.25) is 0 Å². The van der Waals surface area contributed by atoms with E-state index in [-0.39, 0.29) is 5.79 Å². The summed E-state index contributed by atoms with van der Waals surface area (Å²) in [6.45, 7) is 3.16. The van der Waals surface area contributed by atoms with Crippen LogP contribution in [0.5, 0.6) is 0 Å². The first-order valence-electron chi connectivity index (χ1n) is 7.24. The number of thiophene rings is 1. The van der Waals surface area contributed by atoms with Crippen molar-refractivity contribution in [1.82, 2.24) is 9.97 Å². The number of anilines is 1. The monoisotopic (exact) mass is 303 g/mol. The van der Waals surface area contributed by atoms with Gasteiger partial charge in [0, 0.05) is 32.1 Å². The average Bonchev–Trinajstić information content (AvgIpc) is 3.20. The first-order chi connectivity index (χ1) is 10.3. The van der Waals surface area contributed by atoms with E-state index >= 15 is 0 Å². The smallest absolute Gasteiger partial charge is 0.225 e. The minimum Gasteiger partial charge on any atom is -0.347 e. The zero-order valence-corrected chi connectivity index (χ0v) is 12.5. The highest BCUT2D eigenvalue weighted by Gasteiger charge is 2.40. The lowest BCUT2D eigenvalue weighted by Gasteiger charge is -2.37. The third kappa shape index (κ3) is 2.54. The number of hydrogen-bond acceptors (Lipinski definition) is 6. The van der Waals surface area contributed by atoms with Crippen LogP contribution in [0, 0.1) is 0 Å². The molecule has 110 valence electrons. The Morgan fingerprint density at radius 1 is 1.14 bits per heavy atom. The largest absolute Gasteiger partial charge is 0.347 e. The molecule has 0 atom stereocenters. The fraction of sp³-hybridized carbons (Fsp3) is 0.467. The van der Waals surface area contributed by atoms with Crippen molar-refractivity contribution in [2.24, 2.45) is 0 Å². The minimum atomic E-state index is -0.345. The number of nitrogens with zero attached hydrogens (tertiary/aromatic N) is 3. The van der Waals surface area contributed by atoms with Crippen LogP contribution in [-0.4, -0.2) is 42.1 Å². The Kier molecular flexibility index (Phi) is 3.37. The summed E-state index contributed by atoms with van der Waals surface area (Å²) in [5, 5.41) is 2.07. The fourth-order valence-corrected chi connectivity index (χ4v) is 3.59. The van der Waals surface area contributed by atoms with Crippen LogP contribution in [0.1, 0.15) is 12.8 Å². The molecule has 0 amide bonds. The van der Waals surface area contributed by atoms with Crippen molar-refractivity contribution in [3.05, 3.63) is 29.8 Å². The lowest BCUT2D eigenvalue weighted by molar-refractivity contribution is -0.169. The number of hydrogen-bond donors (Lipinski definition) is 0. The Bertz CT molecular complexity index is 601. The summed E-state index contributed by atoms with van der Waals surface area (Å²) >= 11 is 1.70. The topological polar surface area (TPSA) is 47.5 Å². The second-order valence-electron chi connectivity index (χ2n) is 5.31. The number of ether oxygens (including phenoxy) is 2. The van der Waals surface area contributed by atoms with Crippen molar-refractivity contribution in [3.63, 3.8) is 0 Å². The lowest BCUT2D eigenvalue weighted by atomic mass is 10.0. The van der Waals surface area contributed by atoms with Gasteiger partial charge in [0.15, 0.2) is 5.79 Å². The molecule has 2 aromatic rings.